The summed E-state index contributed by atoms with van der Waals surface area (Å²) in [6.07, 6.45) is 0. The summed E-state index contributed by atoms with van der Waals surface area (Å²) in [6, 6.07) is 14.6. The van der Waals surface area contributed by atoms with Gasteiger partial charge in [0.15, 0.2) is 0 Å². The maximum Gasteiger partial charge on any atom is 0.115 e. The lowest BCUT2D eigenvalue weighted by Crippen LogP contribution is -2.22. The van der Waals surface area contributed by atoms with E-state index >= 15 is 0 Å². The first kappa shape index (κ1) is 17.1. The Morgan fingerprint density at radius 2 is 1.43 bits per heavy atom. The predicted octanol–water partition coefficient (Wildman–Crippen LogP) is 4.15. The third-order valence-electron chi connectivity index (χ3n) is 3.11. The Morgan fingerprint density at radius 3 is 2.00 bits per heavy atom. The van der Waals surface area contributed by atoms with Gasteiger partial charge < -0.3 is 10.2 Å². The molecule has 3 nitrogen and oxygen atoms in total. The molecular formula is C18H25NO2. The van der Waals surface area contributed by atoms with Crippen LogP contribution in [-0.2, 0) is 13.1 Å². The summed E-state index contributed by atoms with van der Waals surface area (Å²) in [6.45, 7) is 8.66. The van der Waals surface area contributed by atoms with Crippen LogP contribution in [0.15, 0.2) is 48.5 Å². The van der Waals surface area contributed by atoms with Gasteiger partial charge in [0.2, 0.25) is 0 Å². The number of hydrogen-bond acceptors (Lipinski definition) is 3. The zero-order chi connectivity index (χ0) is 15.7. The van der Waals surface area contributed by atoms with Crippen LogP contribution in [0.5, 0.6) is 11.5 Å². The molecule has 0 aromatic heterocycles. The molecule has 0 saturated heterocycles. The molecule has 21 heavy (non-hydrogen) atoms. The first-order chi connectivity index (χ1) is 10.2. The van der Waals surface area contributed by atoms with Crippen LogP contribution in [0, 0.1) is 0 Å². The molecule has 0 aliphatic heterocycles. The molecule has 0 radical (unpaired) electrons. The summed E-state index contributed by atoms with van der Waals surface area (Å²) >= 11 is 0. The highest BCUT2D eigenvalue weighted by molar-refractivity contribution is 5.28. The van der Waals surface area contributed by atoms with Gasteiger partial charge in [0.05, 0.1) is 0 Å². The van der Waals surface area contributed by atoms with Crippen molar-refractivity contribution < 1.29 is 10.2 Å². The second-order valence-electron chi connectivity index (χ2n) is 4.64. The minimum Gasteiger partial charge on any atom is -0.508 e. The van der Waals surface area contributed by atoms with E-state index < -0.39 is 0 Å². The highest BCUT2D eigenvalue weighted by atomic mass is 16.3. The van der Waals surface area contributed by atoms with Crippen LogP contribution in [0.4, 0.5) is 0 Å². The van der Waals surface area contributed by atoms with Crippen molar-refractivity contribution in [1.29, 1.82) is 0 Å². The van der Waals surface area contributed by atoms with E-state index in [1.165, 1.54) is 5.56 Å². The Labute approximate surface area is 127 Å². The van der Waals surface area contributed by atoms with Gasteiger partial charge in [0, 0.05) is 13.1 Å². The van der Waals surface area contributed by atoms with Crippen LogP contribution in [0.3, 0.4) is 0 Å². The zero-order valence-corrected chi connectivity index (χ0v) is 13.1. The van der Waals surface area contributed by atoms with E-state index in [4.69, 9.17) is 0 Å². The second kappa shape index (κ2) is 9.03. The van der Waals surface area contributed by atoms with Crippen molar-refractivity contribution in [1.82, 2.24) is 4.90 Å². The van der Waals surface area contributed by atoms with Gasteiger partial charge in [0.25, 0.3) is 0 Å². The van der Waals surface area contributed by atoms with E-state index in [9.17, 15) is 10.2 Å². The number of phenolic OH excluding ortho intramolecular Hbond substituents is 2. The molecule has 2 aromatic rings. The van der Waals surface area contributed by atoms with Gasteiger partial charge in [0.1, 0.15) is 11.5 Å². The molecule has 0 fully saturated rings. The molecule has 0 aliphatic carbocycles. The van der Waals surface area contributed by atoms with Crippen molar-refractivity contribution in [3.05, 3.63) is 59.7 Å². The molecule has 2 N–H and O–H groups in total. The molecule has 0 unspecified atom stereocenters. The van der Waals surface area contributed by atoms with E-state index in [0.717, 1.165) is 25.2 Å². The summed E-state index contributed by atoms with van der Waals surface area (Å²) in [7, 11) is 0. The van der Waals surface area contributed by atoms with Crippen LogP contribution in [0.1, 0.15) is 31.9 Å². The zero-order valence-electron chi connectivity index (χ0n) is 13.1. The second-order valence-corrected chi connectivity index (χ2v) is 4.64. The number of hydrogen-bond donors (Lipinski definition) is 2. The topological polar surface area (TPSA) is 43.7 Å². The average Bonchev–Trinajstić information content (AvgIpc) is 2.51. The number of aromatic hydroxyl groups is 2. The van der Waals surface area contributed by atoms with Gasteiger partial charge in [-0.05, 0) is 41.9 Å². The fourth-order valence-electron chi connectivity index (χ4n) is 2.05. The highest BCUT2D eigenvalue weighted by Crippen LogP contribution is 2.16. The third-order valence-corrected chi connectivity index (χ3v) is 3.11. The van der Waals surface area contributed by atoms with E-state index in [2.05, 4.69) is 11.8 Å². The summed E-state index contributed by atoms with van der Waals surface area (Å²) in [5.74, 6) is 0.595. The van der Waals surface area contributed by atoms with Crippen LogP contribution in [0.25, 0.3) is 0 Å². The first-order valence-corrected chi connectivity index (χ1v) is 7.45. The van der Waals surface area contributed by atoms with Gasteiger partial charge in [-0.25, -0.2) is 0 Å². The summed E-state index contributed by atoms with van der Waals surface area (Å²) in [4.78, 5) is 2.28. The van der Waals surface area contributed by atoms with Crippen molar-refractivity contribution in [3.8, 4) is 11.5 Å². The Morgan fingerprint density at radius 1 is 0.810 bits per heavy atom. The molecular weight excluding hydrogens is 262 g/mol. The standard InChI is InChI=1S/C16H19NO2.C2H6/c1-2-17(11-13-6-8-15(18)9-7-13)12-14-4-3-5-16(19)10-14;1-2/h3-10,18-19H,2,11-12H2,1H3;1-2H3. The number of rotatable bonds is 5. The largest absolute Gasteiger partial charge is 0.508 e. The van der Waals surface area contributed by atoms with E-state index in [0.29, 0.717) is 11.5 Å². The summed E-state index contributed by atoms with van der Waals surface area (Å²) < 4.78 is 0. The lowest BCUT2D eigenvalue weighted by Gasteiger charge is -2.20. The van der Waals surface area contributed by atoms with Crippen molar-refractivity contribution >= 4 is 0 Å². The molecule has 0 aliphatic rings. The predicted molar refractivity (Wildman–Crippen MR) is 87.3 cm³/mol. The first-order valence-electron chi connectivity index (χ1n) is 7.45. The maximum atomic E-state index is 9.47. The molecule has 0 bridgehead atoms. The van der Waals surface area contributed by atoms with Crippen molar-refractivity contribution in [3.63, 3.8) is 0 Å². The average molecular weight is 287 g/mol. The van der Waals surface area contributed by atoms with Gasteiger partial charge in [-0.15, -0.1) is 0 Å². The minimum absolute atomic E-state index is 0.291. The molecule has 114 valence electrons. The molecule has 0 saturated carbocycles. The van der Waals surface area contributed by atoms with E-state index in [1.807, 2.05) is 38.1 Å². The Balaban J connectivity index is 0.00000106. The fourth-order valence-corrected chi connectivity index (χ4v) is 2.05. The molecule has 0 atom stereocenters. The van der Waals surface area contributed by atoms with Crippen molar-refractivity contribution in [2.24, 2.45) is 0 Å². The number of benzene rings is 2. The van der Waals surface area contributed by atoms with E-state index in [1.54, 1.807) is 24.3 Å². The van der Waals surface area contributed by atoms with Crippen LogP contribution >= 0.6 is 0 Å². The lowest BCUT2D eigenvalue weighted by atomic mass is 10.1. The smallest absolute Gasteiger partial charge is 0.115 e. The Hall–Kier alpha value is -2.00. The normalized spacial score (nSPS) is 10.1. The van der Waals surface area contributed by atoms with Gasteiger partial charge in [-0.2, -0.15) is 0 Å². The summed E-state index contributed by atoms with van der Waals surface area (Å²) in [5, 5.41) is 18.7. The van der Waals surface area contributed by atoms with E-state index in [-0.39, 0.29) is 0 Å². The lowest BCUT2D eigenvalue weighted by molar-refractivity contribution is 0.271. The SMILES string of the molecule is CC.CCN(Cc1ccc(O)cc1)Cc1cccc(O)c1. The summed E-state index contributed by atoms with van der Waals surface area (Å²) in [5.41, 5.74) is 2.26. The fraction of sp³-hybridized carbons (Fsp3) is 0.333. The monoisotopic (exact) mass is 287 g/mol. The van der Waals surface area contributed by atoms with Crippen LogP contribution in [-0.4, -0.2) is 21.7 Å². The third kappa shape index (κ3) is 5.88. The molecule has 0 heterocycles. The van der Waals surface area contributed by atoms with Crippen LogP contribution in [0.2, 0.25) is 0 Å². The highest BCUT2D eigenvalue weighted by Gasteiger charge is 2.05. The Kier molecular flexibility index (Phi) is 7.33. The van der Waals surface area contributed by atoms with Gasteiger partial charge >= 0.3 is 0 Å². The molecule has 3 heteroatoms. The number of nitrogens with zero attached hydrogens (tertiary/aromatic N) is 1. The molecule has 0 amide bonds. The van der Waals surface area contributed by atoms with Crippen molar-refractivity contribution in [2.45, 2.75) is 33.9 Å². The molecule has 2 aromatic carbocycles. The Bertz CT molecular complexity index is 523. The van der Waals surface area contributed by atoms with Crippen LogP contribution < -0.4 is 0 Å². The minimum atomic E-state index is 0.291. The molecule has 2 rings (SSSR count). The molecule has 0 spiro atoms. The number of phenols is 2. The maximum absolute atomic E-state index is 9.47. The van der Waals surface area contributed by atoms with Gasteiger partial charge in [-0.3, -0.25) is 4.90 Å². The van der Waals surface area contributed by atoms with Crippen molar-refractivity contribution in [2.75, 3.05) is 6.54 Å². The van der Waals surface area contributed by atoms with Gasteiger partial charge in [-0.1, -0.05) is 45.0 Å². The quantitative estimate of drug-likeness (QED) is 0.868.